The molecule has 0 aliphatic carbocycles. The van der Waals surface area contributed by atoms with Gasteiger partial charge in [-0.05, 0) is 64.2 Å². The predicted molar refractivity (Wildman–Crippen MR) is 270 cm³/mol. The van der Waals surface area contributed by atoms with Crippen molar-refractivity contribution in [3.63, 3.8) is 0 Å². The summed E-state index contributed by atoms with van der Waals surface area (Å²) >= 11 is 0. The summed E-state index contributed by atoms with van der Waals surface area (Å²) in [4.78, 5) is 38.0. The molecule has 0 saturated heterocycles. The van der Waals surface area contributed by atoms with E-state index in [1.165, 1.54) is 109 Å². The van der Waals surface area contributed by atoms with E-state index in [1.54, 1.807) is 0 Å². The van der Waals surface area contributed by atoms with E-state index in [0.717, 1.165) is 103 Å². The van der Waals surface area contributed by atoms with Crippen LogP contribution in [-0.2, 0) is 28.6 Å². The summed E-state index contributed by atoms with van der Waals surface area (Å²) in [6.45, 7) is 6.47. The maximum absolute atomic E-state index is 12.8. The molecule has 0 aliphatic rings. The van der Waals surface area contributed by atoms with E-state index in [9.17, 15) is 14.4 Å². The van der Waals surface area contributed by atoms with Crippen molar-refractivity contribution in [1.82, 2.24) is 0 Å². The third-order valence-corrected chi connectivity index (χ3v) is 11.3. The maximum atomic E-state index is 12.8. The molecule has 0 aromatic carbocycles. The van der Waals surface area contributed by atoms with Crippen molar-refractivity contribution < 1.29 is 28.6 Å². The SMILES string of the molecule is CC\C=C/C=C\C=C/C=C\CCCCCCCC(=O)OC(COC(=O)CCCCCCC/C=C\C=C/CCCCCCCCC)COC(=O)CCCCCCCCCCCCCC. The van der Waals surface area contributed by atoms with Crippen molar-refractivity contribution >= 4 is 17.9 Å². The fourth-order valence-electron chi connectivity index (χ4n) is 7.33. The van der Waals surface area contributed by atoms with E-state index in [-0.39, 0.29) is 31.1 Å². The van der Waals surface area contributed by atoms with Crippen molar-refractivity contribution in [3.8, 4) is 0 Å². The highest BCUT2D eigenvalue weighted by molar-refractivity contribution is 5.71. The number of carbonyl (C=O) groups excluding carboxylic acids is 3. The van der Waals surface area contributed by atoms with E-state index in [4.69, 9.17) is 14.2 Å². The Bertz CT molecular complexity index is 1190. The Morgan fingerprint density at radius 1 is 0.333 bits per heavy atom. The van der Waals surface area contributed by atoms with Gasteiger partial charge in [0.2, 0.25) is 0 Å². The van der Waals surface area contributed by atoms with E-state index >= 15 is 0 Å². The Morgan fingerprint density at radius 3 is 0.984 bits per heavy atom. The average molecular weight is 879 g/mol. The monoisotopic (exact) mass is 879 g/mol. The van der Waals surface area contributed by atoms with Gasteiger partial charge in [0.25, 0.3) is 0 Å². The predicted octanol–water partition coefficient (Wildman–Crippen LogP) is 17.4. The van der Waals surface area contributed by atoms with Gasteiger partial charge in [0.1, 0.15) is 13.2 Å². The molecule has 0 saturated carbocycles. The van der Waals surface area contributed by atoms with Gasteiger partial charge in [0.05, 0.1) is 0 Å². The molecular weight excluding hydrogens is 781 g/mol. The fourth-order valence-corrected chi connectivity index (χ4v) is 7.33. The quantitative estimate of drug-likeness (QED) is 0.0262. The highest BCUT2D eigenvalue weighted by Crippen LogP contribution is 2.15. The van der Waals surface area contributed by atoms with E-state index in [0.29, 0.717) is 19.3 Å². The Labute approximate surface area is 389 Å². The van der Waals surface area contributed by atoms with Crippen LogP contribution >= 0.6 is 0 Å². The number of allylic oxidation sites excluding steroid dienone is 12. The summed E-state index contributed by atoms with van der Waals surface area (Å²) in [5.74, 6) is -0.924. The third kappa shape index (κ3) is 49.7. The maximum Gasteiger partial charge on any atom is 0.306 e. The van der Waals surface area contributed by atoms with E-state index in [2.05, 4.69) is 75.5 Å². The van der Waals surface area contributed by atoms with E-state index in [1.807, 2.05) is 18.2 Å². The zero-order chi connectivity index (χ0) is 45.8. The number of hydrogen-bond acceptors (Lipinski definition) is 6. The molecule has 0 amide bonds. The first-order valence-corrected chi connectivity index (χ1v) is 26.5. The lowest BCUT2D eigenvalue weighted by Crippen LogP contribution is -2.30. The first-order valence-electron chi connectivity index (χ1n) is 26.5. The molecule has 0 heterocycles. The molecule has 0 fully saturated rings. The van der Waals surface area contributed by atoms with Gasteiger partial charge in [0.15, 0.2) is 6.10 Å². The van der Waals surface area contributed by atoms with Gasteiger partial charge in [-0.2, -0.15) is 0 Å². The molecule has 0 aliphatic heterocycles. The van der Waals surface area contributed by atoms with Crippen LogP contribution in [0, 0.1) is 0 Å². The molecule has 1 unspecified atom stereocenters. The van der Waals surface area contributed by atoms with Gasteiger partial charge < -0.3 is 14.2 Å². The van der Waals surface area contributed by atoms with Gasteiger partial charge >= 0.3 is 17.9 Å². The second-order valence-electron chi connectivity index (χ2n) is 17.5. The third-order valence-electron chi connectivity index (χ3n) is 11.3. The zero-order valence-electron chi connectivity index (χ0n) is 41.3. The number of rotatable bonds is 47. The summed E-state index contributed by atoms with van der Waals surface area (Å²) in [6.07, 6.45) is 64.5. The lowest BCUT2D eigenvalue weighted by atomic mass is 10.0. The molecule has 0 rings (SSSR count). The van der Waals surface area contributed by atoms with Crippen LogP contribution in [0.5, 0.6) is 0 Å². The topological polar surface area (TPSA) is 78.9 Å². The van der Waals surface area contributed by atoms with Crippen LogP contribution in [0.3, 0.4) is 0 Å². The van der Waals surface area contributed by atoms with Crippen LogP contribution in [0.15, 0.2) is 72.9 Å². The summed E-state index contributed by atoms with van der Waals surface area (Å²) in [5.41, 5.74) is 0. The van der Waals surface area contributed by atoms with Gasteiger partial charge in [0, 0.05) is 19.3 Å². The number of esters is 3. The van der Waals surface area contributed by atoms with Crippen LogP contribution in [0.1, 0.15) is 252 Å². The Hall–Kier alpha value is -3.15. The lowest BCUT2D eigenvalue weighted by Gasteiger charge is -2.18. The minimum Gasteiger partial charge on any atom is -0.462 e. The number of unbranched alkanes of at least 4 members (excludes halogenated alkanes) is 28. The average Bonchev–Trinajstić information content (AvgIpc) is 3.28. The van der Waals surface area contributed by atoms with Gasteiger partial charge in [-0.25, -0.2) is 0 Å². The highest BCUT2D eigenvalue weighted by atomic mass is 16.6. The van der Waals surface area contributed by atoms with Gasteiger partial charge in [-0.1, -0.05) is 241 Å². The van der Waals surface area contributed by atoms with Crippen LogP contribution in [-0.4, -0.2) is 37.2 Å². The molecule has 362 valence electrons. The number of carbonyl (C=O) groups is 3. The van der Waals surface area contributed by atoms with Crippen molar-refractivity contribution in [2.45, 2.75) is 258 Å². The molecular formula is C57H98O6. The summed E-state index contributed by atoms with van der Waals surface area (Å²) in [7, 11) is 0. The molecule has 0 radical (unpaired) electrons. The summed E-state index contributed by atoms with van der Waals surface area (Å²) in [5, 5.41) is 0. The second-order valence-corrected chi connectivity index (χ2v) is 17.5. The summed E-state index contributed by atoms with van der Waals surface area (Å²) in [6, 6.07) is 0. The summed E-state index contributed by atoms with van der Waals surface area (Å²) < 4.78 is 16.8. The molecule has 6 nitrogen and oxygen atoms in total. The highest BCUT2D eigenvalue weighted by Gasteiger charge is 2.19. The van der Waals surface area contributed by atoms with Crippen LogP contribution < -0.4 is 0 Å². The normalized spacial score (nSPS) is 12.6. The Morgan fingerprint density at radius 2 is 0.619 bits per heavy atom. The zero-order valence-corrected chi connectivity index (χ0v) is 41.3. The molecule has 6 heteroatoms. The van der Waals surface area contributed by atoms with Crippen LogP contribution in [0.2, 0.25) is 0 Å². The molecule has 1 atom stereocenters. The van der Waals surface area contributed by atoms with Crippen molar-refractivity contribution in [2.75, 3.05) is 13.2 Å². The standard InChI is InChI=1S/C57H98O6/c1-4-7-10-13-16-19-22-25-27-28-29-31-32-35-38-41-44-47-50-56(59)62-53-54(52-61-55(58)49-46-43-40-37-34-24-21-18-15-12-9-6-3)63-57(60)51-48-45-42-39-36-33-30-26-23-20-17-14-11-8-5-2/h8,11,14,17,20,23,26-31,54H,4-7,9-10,12-13,15-16,18-19,21-22,24-25,32-53H2,1-3H3/b11-8-,17-14-,23-20-,28-27-,30-26-,31-29-. The van der Waals surface area contributed by atoms with Crippen LogP contribution in [0.4, 0.5) is 0 Å². The van der Waals surface area contributed by atoms with Crippen LogP contribution in [0.25, 0.3) is 0 Å². The molecule has 63 heavy (non-hydrogen) atoms. The molecule has 0 aromatic rings. The minimum atomic E-state index is -0.792. The smallest absolute Gasteiger partial charge is 0.306 e. The number of ether oxygens (including phenoxy) is 3. The van der Waals surface area contributed by atoms with Crippen molar-refractivity contribution in [3.05, 3.63) is 72.9 Å². The Kier molecular flexibility index (Phi) is 48.9. The van der Waals surface area contributed by atoms with Crippen molar-refractivity contribution in [2.24, 2.45) is 0 Å². The number of hydrogen-bond donors (Lipinski definition) is 0. The minimum absolute atomic E-state index is 0.0888. The molecule has 0 spiro atoms. The van der Waals surface area contributed by atoms with Crippen molar-refractivity contribution in [1.29, 1.82) is 0 Å². The molecule has 0 N–H and O–H groups in total. The fraction of sp³-hybridized carbons (Fsp3) is 0.737. The van der Waals surface area contributed by atoms with E-state index < -0.39 is 6.10 Å². The largest absolute Gasteiger partial charge is 0.462 e. The first kappa shape index (κ1) is 59.9. The first-order chi connectivity index (χ1) is 31.0. The molecule has 0 bridgehead atoms. The lowest BCUT2D eigenvalue weighted by molar-refractivity contribution is -0.167. The molecule has 0 aromatic heterocycles. The second kappa shape index (κ2) is 51.5. The Balaban J connectivity index is 4.43. The van der Waals surface area contributed by atoms with Gasteiger partial charge in [-0.15, -0.1) is 0 Å². The van der Waals surface area contributed by atoms with Gasteiger partial charge in [-0.3, -0.25) is 14.4 Å².